The number of aromatic nitrogens is 2. The van der Waals surface area contributed by atoms with Crippen molar-refractivity contribution in [3.8, 4) is 11.5 Å². The Labute approximate surface area is 171 Å². The van der Waals surface area contributed by atoms with Gasteiger partial charge in [-0.2, -0.15) is 0 Å². The summed E-state index contributed by atoms with van der Waals surface area (Å²) in [4.78, 5) is 26.9. The third kappa shape index (κ3) is 3.92. The van der Waals surface area contributed by atoms with Gasteiger partial charge in [-0.3, -0.25) is 4.79 Å². The summed E-state index contributed by atoms with van der Waals surface area (Å²) in [6, 6.07) is 5.38. The number of fused-ring (bicyclic) bond motifs is 1. The fourth-order valence-electron chi connectivity index (χ4n) is 4.30. The molecule has 3 heterocycles. The van der Waals surface area contributed by atoms with Crippen LogP contribution in [0.25, 0.3) is 0 Å². The van der Waals surface area contributed by atoms with E-state index in [2.05, 4.69) is 16.9 Å². The lowest BCUT2D eigenvalue weighted by atomic mass is 9.97. The highest BCUT2D eigenvalue weighted by atomic mass is 16.5. The standard InChI is InChI=1S/C22H28N4O3/c1-25-10-5-6-15(13-25)21-23-12-16-14-26(11-9-18(16)24-21)22(27)17-7-4-8-19(28-2)20(17)29-3/h4,7-8,12,15H,5-6,9-11,13-14H2,1-3H3. The Morgan fingerprint density at radius 2 is 2.07 bits per heavy atom. The van der Waals surface area contributed by atoms with Crippen LogP contribution >= 0.6 is 0 Å². The average Bonchev–Trinajstić information content (AvgIpc) is 2.77. The summed E-state index contributed by atoms with van der Waals surface area (Å²) >= 11 is 0. The van der Waals surface area contributed by atoms with Crippen LogP contribution in [-0.2, 0) is 13.0 Å². The Bertz CT molecular complexity index is 902. The summed E-state index contributed by atoms with van der Waals surface area (Å²) in [6.45, 7) is 3.30. The number of rotatable bonds is 4. The van der Waals surface area contributed by atoms with Crippen molar-refractivity contribution >= 4 is 5.91 Å². The minimum absolute atomic E-state index is 0.0654. The fraction of sp³-hybridized carbons (Fsp3) is 0.500. The molecule has 0 N–H and O–H groups in total. The first kappa shape index (κ1) is 19.6. The maximum atomic E-state index is 13.2. The van der Waals surface area contributed by atoms with Gasteiger partial charge >= 0.3 is 0 Å². The van der Waals surface area contributed by atoms with Crippen LogP contribution in [-0.4, -0.2) is 66.6 Å². The molecular weight excluding hydrogens is 368 g/mol. The van der Waals surface area contributed by atoms with Crippen molar-refractivity contribution in [2.75, 3.05) is 40.9 Å². The SMILES string of the molecule is COc1cccc(C(=O)N2CCc3nc(C4CCCN(C)C4)ncc3C2)c1OC. The Morgan fingerprint density at radius 1 is 1.21 bits per heavy atom. The molecular formula is C22H28N4O3. The van der Waals surface area contributed by atoms with Crippen LogP contribution < -0.4 is 9.47 Å². The van der Waals surface area contributed by atoms with Gasteiger partial charge in [0.2, 0.25) is 0 Å². The number of nitrogens with zero attached hydrogens (tertiary/aromatic N) is 4. The molecule has 4 rings (SSSR count). The molecule has 7 nitrogen and oxygen atoms in total. The Kier molecular flexibility index (Phi) is 5.67. The number of piperidine rings is 1. The Balaban J connectivity index is 1.53. The highest BCUT2D eigenvalue weighted by Gasteiger charge is 2.28. The van der Waals surface area contributed by atoms with Gasteiger partial charge < -0.3 is 19.3 Å². The topological polar surface area (TPSA) is 67.8 Å². The molecule has 1 atom stereocenters. The van der Waals surface area contributed by atoms with Crippen LogP contribution in [0, 0.1) is 0 Å². The Morgan fingerprint density at radius 3 is 2.83 bits per heavy atom. The smallest absolute Gasteiger partial charge is 0.258 e. The molecule has 0 spiro atoms. The number of hydrogen-bond donors (Lipinski definition) is 0. The molecule has 29 heavy (non-hydrogen) atoms. The number of benzene rings is 1. The first-order chi connectivity index (χ1) is 14.1. The minimum atomic E-state index is -0.0654. The van der Waals surface area contributed by atoms with E-state index in [1.807, 2.05) is 17.2 Å². The molecule has 2 aliphatic heterocycles. The highest BCUT2D eigenvalue weighted by Crippen LogP contribution is 2.32. The first-order valence-corrected chi connectivity index (χ1v) is 10.1. The third-order valence-corrected chi connectivity index (χ3v) is 5.86. The van der Waals surface area contributed by atoms with E-state index < -0.39 is 0 Å². The molecule has 0 bridgehead atoms. The number of carbonyl (C=O) groups is 1. The molecule has 1 aromatic carbocycles. The maximum absolute atomic E-state index is 13.2. The van der Waals surface area contributed by atoms with E-state index in [1.165, 1.54) is 6.42 Å². The van der Waals surface area contributed by atoms with Gasteiger partial charge in [0.15, 0.2) is 11.5 Å². The minimum Gasteiger partial charge on any atom is -0.493 e. The molecule has 154 valence electrons. The van der Waals surface area contributed by atoms with Crippen molar-refractivity contribution in [1.82, 2.24) is 19.8 Å². The number of ether oxygens (including phenoxy) is 2. The van der Waals surface area contributed by atoms with Crippen molar-refractivity contribution < 1.29 is 14.3 Å². The summed E-state index contributed by atoms with van der Waals surface area (Å²) < 4.78 is 10.8. The molecule has 1 amide bonds. The summed E-state index contributed by atoms with van der Waals surface area (Å²) in [6.07, 6.45) is 4.98. The number of amides is 1. The zero-order chi connectivity index (χ0) is 20.4. The zero-order valence-electron chi connectivity index (χ0n) is 17.4. The lowest BCUT2D eigenvalue weighted by molar-refractivity contribution is 0.0729. The molecule has 1 aromatic heterocycles. The van der Waals surface area contributed by atoms with Gasteiger partial charge in [0.1, 0.15) is 5.82 Å². The van der Waals surface area contributed by atoms with Gasteiger partial charge in [0, 0.05) is 43.7 Å². The second-order valence-electron chi connectivity index (χ2n) is 7.82. The zero-order valence-corrected chi connectivity index (χ0v) is 17.4. The van der Waals surface area contributed by atoms with Crippen molar-refractivity contribution in [3.63, 3.8) is 0 Å². The van der Waals surface area contributed by atoms with Gasteiger partial charge in [-0.15, -0.1) is 0 Å². The largest absolute Gasteiger partial charge is 0.493 e. The molecule has 0 radical (unpaired) electrons. The van der Waals surface area contributed by atoms with Gasteiger partial charge in [-0.05, 0) is 38.6 Å². The monoisotopic (exact) mass is 396 g/mol. The van der Waals surface area contributed by atoms with E-state index in [9.17, 15) is 4.79 Å². The molecule has 7 heteroatoms. The van der Waals surface area contributed by atoms with Gasteiger partial charge in [-0.25, -0.2) is 9.97 Å². The fourth-order valence-corrected chi connectivity index (χ4v) is 4.30. The quantitative estimate of drug-likeness (QED) is 0.791. The van der Waals surface area contributed by atoms with Crippen molar-refractivity contribution in [2.24, 2.45) is 0 Å². The number of carbonyl (C=O) groups excluding carboxylic acids is 1. The van der Waals surface area contributed by atoms with Crippen molar-refractivity contribution in [3.05, 3.63) is 47.0 Å². The first-order valence-electron chi connectivity index (χ1n) is 10.1. The second kappa shape index (κ2) is 8.37. The van der Waals surface area contributed by atoms with Crippen LogP contribution in [0.15, 0.2) is 24.4 Å². The second-order valence-corrected chi connectivity index (χ2v) is 7.82. The molecule has 0 saturated carbocycles. The number of hydrogen-bond acceptors (Lipinski definition) is 6. The molecule has 1 unspecified atom stereocenters. The van der Waals surface area contributed by atoms with Crippen LogP contribution in [0.5, 0.6) is 11.5 Å². The third-order valence-electron chi connectivity index (χ3n) is 5.86. The van der Waals surface area contributed by atoms with Crippen molar-refractivity contribution in [1.29, 1.82) is 0 Å². The van der Waals surface area contributed by atoms with Crippen LogP contribution in [0.2, 0.25) is 0 Å². The number of likely N-dealkylation sites (N-methyl/N-ethyl adjacent to an activating group) is 1. The van der Waals surface area contributed by atoms with Gasteiger partial charge in [0.05, 0.1) is 25.5 Å². The molecule has 1 saturated heterocycles. The lowest BCUT2D eigenvalue weighted by Crippen LogP contribution is -2.37. The van der Waals surface area contributed by atoms with E-state index in [-0.39, 0.29) is 5.91 Å². The highest BCUT2D eigenvalue weighted by molar-refractivity contribution is 5.98. The van der Waals surface area contributed by atoms with Gasteiger partial charge in [0.25, 0.3) is 5.91 Å². The molecule has 2 aliphatic rings. The lowest BCUT2D eigenvalue weighted by Gasteiger charge is -2.31. The van der Waals surface area contributed by atoms with E-state index in [0.29, 0.717) is 36.1 Å². The predicted molar refractivity (Wildman–Crippen MR) is 109 cm³/mol. The number of likely N-dealkylation sites (tertiary alicyclic amines) is 1. The van der Waals surface area contributed by atoms with Crippen molar-refractivity contribution in [2.45, 2.75) is 31.7 Å². The normalized spacial score (nSPS) is 19.6. The van der Waals surface area contributed by atoms with E-state index in [4.69, 9.17) is 14.5 Å². The van der Waals surface area contributed by atoms with Crippen LogP contribution in [0.4, 0.5) is 0 Å². The molecule has 2 aromatic rings. The van der Waals surface area contributed by atoms with E-state index >= 15 is 0 Å². The Hall–Kier alpha value is -2.67. The average molecular weight is 396 g/mol. The predicted octanol–water partition coefficient (Wildman–Crippen LogP) is 2.50. The van der Waals surface area contributed by atoms with Crippen LogP contribution in [0.1, 0.15) is 46.2 Å². The maximum Gasteiger partial charge on any atom is 0.258 e. The van der Waals surface area contributed by atoms with E-state index in [0.717, 1.165) is 43.0 Å². The number of para-hydroxylation sites is 1. The molecule has 0 aliphatic carbocycles. The number of methoxy groups -OCH3 is 2. The van der Waals surface area contributed by atoms with Gasteiger partial charge in [-0.1, -0.05) is 6.07 Å². The van der Waals surface area contributed by atoms with E-state index in [1.54, 1.807) is 26.4 Å². The summed E-state index contributed by atoms with van der Waals surface area (Å²) in [5, 5.41) is 0. The summed E-state index contributed by atoms with van der Waals surface area (Å²) in [5.74, 6) is 2.31. The molecule has 1 fully saturated rings. The van der Waals surface area contributed by atoms with Crippen LogP contribution in [0.3, 0.4) is 0 Å². The summed E-state index contributed by atoms with van der Waals surface area (Å²) in [5.41, 5.74) is 2.61. The summed E-state index contributed by atoms with van der Waals surface area (Å²) in [7, 11) is 5.28.